The van der Waals surface area contributed by atoms with Crippen molar-refractivity contribution in [1.29, 1.82) is 0 Å². The van der Waals surface area contributed by atoms with E-state index in [4.69, 9.17) is 25.5 Å². The summed E-state index contributed by atoms with van der Waals surface area (Å²) in [7, 11) is 5.56. The van der Waals surface area contributed by atoms with Crippen molar-refractivity contribution in [3.63, 3.8) is 0 Å². The molecule has 0 bridgehead atoms. The van der Waals surface area contributed by atoms with Crippen LogP contribution in [-0.4, -0.2) is 45.0 Å². The van der Waals surface area contributed by atoms with Gasteiger partial charge in [-0.1, -0.05) is 72.8 Å². The van der Waals surface area contributed by atoms with Crippen molar-refractivity contribution in [2.24, 2.45) is 21.1 Å². The Hall–Kier alpha value is -6.94. The van der Waals surface area contributed by atoms with Crippen LogP contribution in [0.2, 0.25) is 0 Å². The molecule has 0 saturated heterocycles. The van der Waals surface area contributed by atoms with Gasteiger partial charge in [-0.3, -0.25) is 0 Å². The zero-order valence-electron chi connectivity index (χ0n) is 28.1. The Morgan fingerprint density at radius 1 is 0.373 bits per heavy atom. The molecule has 0 N–H and O–H groups in total. The SMILES string of the molecule is Cn1nc2cccc(N(c3ccc(-c4ccccc4)c4nn(C)nc34)c3ccc(-c4ccc5cc6ccccc6cc5c4)c4nn(C)nc34)c2n1. The van der Waals surface area contributed by atoms with Crippen molar-refractivity contribution in [1.82, 2.24) is 45.0 Å². The smallest absolute Gasteiger partial charge is 0.137 e. The molecule has 3 aromatic heterocycles. The zero-order valence-corrected chi connectivity index (χ0v) is 28.1. The second-order valence-corrected chi connectivity index (χ2v) is 12.8. The van der Waals surface area contributed by atoms with Gasteiger partial charge in [0.15, 0.2) is 0 Å². The summed E-state index contributed by atoms with van der Waals surface area (Å²) in [4.78, 5) is 7.05. The molecule has 0 spiro atoms. The molecule has 7 aromatic carbocycles. The molecular formula is C41H30N10. The molecular weight excluding hydrogens is 633 g/mol. The van der Waals surface area contributed by atoms with Gasteiger partial charge in [-0.2, -0.15) is 45.0 Å². The predicted molar refractivity (Wildman–Crippen MR) is 203 cm³/mol. The van der Waals surface area contributed by atoms with E-state index < -0.39 is 0 Å². The number of anilines is 3. The van der Waals surface area contributed by atoms with Crippen LogP contribution in [0.5, 0.6) is 0 Å². The molecule has 0 aliphatic heterocycles. The van der Waals surface area contributed by atoms with Crippen LogP contribution in [0.15, 0.2) is 127 Å². The molecule has 0 saturated carbocycles. The Morgan fingerprint density at radius 3 is 1.59 bits per heavy atom. The average Bonchev–Trinajstić information content (AvgIpc) is 3.86. The zero-order chi connectivity index (χ0) is 34.2. The molecule has 244 valence electrons. The van der Waals surface area contributed by atoms with Crippen molar-refractivity contribution in [2.45, 2.75) is 0 Å². The second kappa shape index (κ2) is 11.0. The van der Waals surface area contributed by atoms with Crippen LogP contribution in [0.3, 0.4) is 0 Å². The van der Waals surface area contributed by atoms with Gasteiger partial charge < -0.3 is 4.90 Å². The summed E-state index contributed by atoms with van der Waals surface area (Å²) in [5.41, 5.74) is 11.3. The lowest BCUT2D eigenvalue weighted by Crippen LogP contribution is -2.12. The Morgan fingerprint density at radius 2 is 0.902 bits per heavy atom. The number of hydrogen-bond acceptors (Lipinski definition) is 7. The summed E-state index contributed by atoms with van der Waals surface area (Å²) in [5, 5.41) is 34.0. The maximum atomic E-state index is 4.99. The van der Waals surface area contributed by atoms with E-state index >= 15 is 0 Å². The third kappa shape index (κ3) is 4.64. The van der Waals surface area contributed by atoms with E-state index in [1.807, 2.05) is 51.5 Å². The molecule has 51 heavy (non-hydrogen) atoms. The first-order valence-electron chi connectivity index (χ1n) is 16.8. The molecule has 3 heterocycles. The van der Waals surface area contributed by atoms with Crippen LogP contribution < -0.4 is 4.90 Å². The quantitative estimate of drug-likeness (QED) is 0.170. The highest BCUT2D eigenvalue weighted by atomic mass is 15.5. The number of fused-ring (bicyclic) bond motifs is 5. The molecule has 0 atom stereocenters. The summed E-state index contributed by atoms with van der Waals surface area (Å²) in [6.45, 7) is 0. The summed E-state index contributed by atoms with van der Waals surface area (Å²) < 4.78 is 0. The minimum atomic E-state index is 0.749. The summed E-state index contributed by atoms with van der Waals surface area (Å²) in [6.07, 6.45) is 0. The van der Waals surface area contributed by atoms with Crippen LogP contribution >= 0.6 is 0 Å². The summed E-state index contributed by atoms with van der Waals surface area (Å²) >= 11 is 0. The molecule has 10 nitrogen and oxygen atoms in total. The molecule has 0 radical (unpaired) electrons. The minimum absolute atomic E-state index is 0.749. The van der Waals surface area contributed by atoms with E-state index in [1.165, 1.54) is 21.5 Å². The van der Waals surface area contributed by atoms with Crippen molar-refractivity contribution >= 4 is 71.7 Å². The molecule has 0 aliphatic rings. The van der Waals surface area contributed by atoms with Gasteiger partial charge in [0.2, 0.25) is 0 Å². The Kier molecular flexibility index (Phi) is 6.28. The minimum Gasteiger partial charge on any atom is -0.304 e. The predicted octanol–water partition coefficient (Wildman–Crippen LogP) is 8.64. The van der Waals surface area contributed by atoms with Crippen molar-refractivity contribution in [3.8, 4) is 22.3 Å². The molecule has 0 aliphatic carbocycles. The first kappa shape index (κ1) is 29.0. The maximum absolute atomic E-state index is 4.99. The fraction of sp³-hybridized carbons (Fsp3) is 0.0732. The van der Waals surface area contributed by atoms with Gasteiger partial charge in [0.1, 0.15) is 33.1 Å². The van der Waals surface area contributed by atoms with Gasteiger partial charge in [0, 0.05) is 32.3 Å². The Balaban J connectivity index is 1.22. The summed E-state index contributed by atoms with van der Waals surface area (Å²) in [5.74, 6) is 0. The molecule has 10 rings (SSSR count). The van der Waals surface area contributed by atoms with Crippen LogP contribution in [0, 0.1) is 0 Å². The largest absolute Gasteiger partial charge is 0.304 e. The van der Waals surface area contributed by atoms with Gasteiger partial charge in [0.05, 0.1) is 17.1 Å². The van der Waals surface area contributed by atoms with Gasteiger partial charge in [-0.25, -0.2) is 0 Å². The highest BCUT2D eigenvalue weighted by molar-refractivity contribution is 6.10. The third-order valence-corrected chi connectivity index (χ3v) is 9.55. The number of hydrogen-bond donors (Lipinski definition) is 0. The second-order valence-electron chi connectivity index (χ2n) is 12.8. The van der Waals surface area contributed by atoms with Crippen LogP contribution in [0.4, 0.5) is 17.1 Å². The lowest BCUT2D eigenvalue weighted by molar-refractivity contribution is 0.665. The third-order valence-electron chi connectivity index (χ3n) is 9.55. The lowest BCUT2D eigenvalue weighted by Gasteiger charge is -2.26. The van der Waals surface area contributed by atoms with E-state index in [0.29, 0.717) is 0 Å². The standard InChI is InChI=1S/C41H30N10/c1-48-42-33-14-9-15-34(39(33)45-48)51(35-20-18-31(25-10-5-4-6-11-25)37-40(35)46-49(2)43-37)36-21-19-32(38-41(36)47-50(3)44-38)29-17-16-28-22-26-12-7-8-13-27(26)23-30(28)24-29/h4-24H,1-3H3. The Bertz CT molecular complexity index is 2970. The van der Waals surface area contributed by atoms with Crippen LogP contribution in [0.1, 0.15) is 0 Å². The number of aryl methyl sites for hydroxylation is 3. The number of benzene rings is 7. The highest BCUT2D eigenvalue weighted by Gasteiger charge is 2.26. The van der Waals surface area contributed by atoms with Gasteiger partial charge in [-0.05, 0) is 87.3 Å². The molecule has 10 heteroatoms. The molecule has 10 aromatic rings. The van der Waals surface area contributed by atoms with E-state index in [-0.39, 0.29) is 0 Å². The fourth-order valence-electron chi connectivity index (χ4n) is 7.31. The van der Waals surface area contributed by atoms with Crippen molar-refractivity contribution in [3.05, 3.63) is 127 Å². The highest BCUT2D eigenvalue weighted by Crippen LogP contribution is 2.45. The van der Waals surface area contributed by atoms with Crippen LogP contribution in [0.25, 0.3) is 76.9 Å². The van der Waals surface area contributed by atoms with Crippen molar-refractivity contribution in [2.75, 3.05) is 4.90 Å². The number of rotatable bonds is 5. The van der Waals surface area contributed by atoms with E-state index in [2.05, 4.69) is 107 Å². The maximum Gasteiger partial charge on any atom is 0.137 e. The van der Waals surface area contributed by atoms with E-state index in [0.717, 1.165) is 72.4 Å². The van der Waals surface area contributed by atoms with Crippen LogP contribution in [-0.2, 0) is 21.1 Å². The van der Waals surface area contributed by atoms with E-state index in [9.17, 15) is 0 Å². The topological polar surface area (TPSA) is 95.4 Å². The van der Waals surface area contributed by atoms with Gasteiger partial charge in [-0.15, -0.1) is 0 Å². The molecule has 0 amide bonds. The van der Waals surface area contributed by atoms with Gasteiger partial charge in [0.25, 0.3) is 0 Å². The Labute approximate surface area is 291 Å². The number of aromatic nitrogens is 9. The van der Waals surface area contributed by atoms with Gasteiger partial charge >= 0.3 is 0 Å². The first-order valence-corrected chi connectivity index (χ1v) is 16.8. The van der Waals surface area contributed by atoms with Crippen molar-refractivity contribution < 1.29 is 0 Å². The number of nitrogens with zero attached hydrogens (tertiary/aromatic N) is 10. The molecule has 0 fully saturated rings. The summed E-state index contributed by atoms with van der Waals surface area (Å²) in [6, 6.07) is 44.4. The monoisotopic (exact) mass is 662 g/mol. The fourth-order valence-corrected chi connectivity index (χ4v) is 7.31. The average molecular weight is 663 g/mol. The van der Waals surface area contributed by atoms with E-state index in [1.54, 1.807) is 14.4 Å². The molecule has 0 unspecified atom stereocenters. The normalized spacial score (nSPS) is 11.8. The lowest BCUT2D eigenvalue weighted by atomic mass is 9.97. The first-order chi connectivity index (χ1) is 25.0.